The van der Waals surface area contributed by atoms with Crippen molar-refractivity contribution in [3.63, 3.8) is 0 Å². The summed E-state index contributed by atoms with van der Waals surface area (Å²) in [6, 6.07) is 0. The van der Waals surface area contributed by atoms with Crippen LogP contribution >= 0.6 is 0 Å². The van der Waals surface area contributed by atoms with E-state index < -0.39 is 79.9 Å². The number of methoxy groups -OCH3 is 1. The van der Waals surface area contributed by atoms with Gasteiger partial charge >= 0.3 is 0 Å². The van der Waals surface area contributed by atoms with Crippen LogP contribution in [0.5, 0.6) is 0 Å². The van der Waals surface area contributed by atoms with E-state index in [0.717, 1.165) is 30.4 Å². The molecule has 7 fully saturated rings. The summed E-state index contributed by atoms with van der Waals surface area (Å²) in [4.78, 5) is 27.0. The Morgan fingerprint density at radius 1 is 0.736 bits per heavy atom. The van der Waals surface area contributed by atoms with Crippen LogP contribution in [0.3, 0.4) is 0 Å². The summed E-state index contributed by atoms with van der Waals surface area (Å²) in [5, 5.41) is 42.6. The van der Waals surface area contributed by atoms with Crippen molar-refractivity contribution < 1.29 is 63.2 Å². The molecule has 18 atom stereocenters. The number of rotatable bonds is 4. The number of fused-ring (bicyclic) bond motifs is 7. The van der Waals surface area contributed by atoms with Gasteiger partial charge in [0.25, 0.3) is 0 Å². The van der Waals surface area contributed by atoms with E-state index in [2.05, 4.69) is 20.1 Å². The van der Waals surface area contributed by atoms with Crippen molar-refractivity contribution >= 4 is 11.6 Å². The van der Waals surface area contributed by atoms with Gasteiger partial charge in [0.2, 0.25) is 0 Å². The van der Waals surface area contributed by atoms with Gasteiger partial charge in [0.1, 0.15) is 42.1 Å². The molecule has 7 rings (SSSR count). The van der Waals surface area contributed by atoms with Crippen LogP contribution in [0.2, 0.25) is 0 Å². The average molecular weight is 749 g/mol. The third kappa shape index (κ3) is 8.56. The van der Waals surface area contributed by atoms with Crippen molar-refractivity contribution in [1.29, 1.82) is 0 Å². The zero-order valence-corrected chi connectivity index (χ0v) is 31.2. The second kappa shape index (κ2) is 16.9. The first-order valence-corrected chi connectivity index (χ1v) is 19.9. The van der Waals surface area contributed by atoms with Gasteiger partial charge in [-0.3, -0.25) is 9.59 Å². The van der Waals surface area contributed by atoms with Gasteiger partial charge in [-0.05, 0) is 62.0 Å². The van der Waals surface area contributed by atoms with Gasteiger partial charge in [-0.15, -0.1) is 0 Å². The Labute approximate surface area is 312 Å². The van der Waals surface area contributed by atoms with Crippen molar-refractivity contribution in [2.75, 3.05) is 13.7 Å². The van der Waals surface area contributed by atoms with Gasteiger partial charge < -0.3 is 53.6 Å². The molecule has 13 heteroatoms. The average Bonchev–Trinajstić information content (AvgIpc) is 3.76. The van der Waals surface area contributed by atoms with Crippen LogP contribution in [0.25, 0.3) is 0 Å². The molecule has 0 amide bonds. The fourth-order valence-corrected chi connectivity index (χ4v) is 10.1. The summed E-state index contributed by atoms with van der Waals surface area (Å²) in [5.41, 5.74) is 2.00. The minimum atomic E-state index is -1.10. The van der Waals surface area contributed by atoms with Gasteiger partial charge in [-0.1, -0.05) is 20.1 Å². The Kier molecular flexibility index (Phi) is 12.6. The highest BCUT2D eigenvalue weighted by atomic mass is 16.6. The van der Waals surface area contributed by atoms with E-state index in [0.29, 0.717) is 32.1 Å². The first kappa shape index (κ1) is 39.6. The van der Waals surface area contributed by atoms with Crippen molar-refractivity contribution in [2.45, 2.75) is 188 Å². The summed E-state index contributed by atoms with van der Waals surface area (Å²) in [5.74, 6) is -0.221. The Morgan fingerprint density at radius 3 is 2.23 bits per heavy atom. The molecular weight excluding hydrogens is 688 g/mol. The summed E-state index contributed by atoms with van der Waals surface area (Å²) in [7, 11) is 1.58. The zero-order chi connectivity index (χ0) is 37.6. The minimum absolute atomic E-state index is 0.00643. The predicted octanol–water partition coefficient (Wildman–Crippen LogP) is 2.27. The number of aliphatic hydroxyl groups excluding tert-OH is 4. The van der Waals surface area contributed by atoms with Crippen LogP contribution < -0.4 is 0 Å². The maximum absolute atomic E-state index is 13.9. The smallest absolute Gasteiger partial charge is 0.135 e. The van der Waals surface area contributed by atoms with Gasteiger partial charge in [-0.25, -0.2) is 0 Å². The lowest BCUT2D eigenvalue weighted by Gasteiger charge is -2.46. The van der Waals surface area contributed by atoms with E-state index in [1.165, 1.54) is 0 Å². The van der Waals surface area contributed by atoms with Crippen LogP contribution in [0.15, 0.2) is 24.3 Å². The summed E-state index contributed by atoms with van der Waals surface area (Å²) < 4.78 is 44.3. The SMILES string of the molecule is C=C1CC2CCC(=O)C[C@H]3O[C@H]4[C@@H](O)[C@H]5OC(CC[C@@H]5O[C@H]4[C@H]3O)CC(=O)C[C@H]3C(CC4O[C@@H](CCC1O2)C[C@@H](C)C4=C)OC(C[C@H](O)CO)[C@@H]3OC. The van der Waals surface area contributed by atoms with E-state index in [1.807, 2.05) is 0 Å². The summed E-state index contributed by atoms with van der Waals surface area (Å²) in [6.07, 6.45) is -3.55. The van der Waals surface area contributed by atoms with E-state index in [4.69, 9.17) is 33.2 Å². The maximum Gasteiger partial charge on any atom is 0.135 e. The normalized spacial score (nSPS) is 47.7. The Morgan fingerprint density at radius 2 is 1.45 bits per heavy atom. The molecule has 0 radical (unpaired) electrons. The first-order valence-electron chi connectivity index (χ1n) is 19.9. The number of hydrogen-bond donors (Lipinski definition) is 4. The van der Waals surface area contributed by atoms with E-state index in [9.17, 15) is 30.0 Å². The fourth-order valence-electron chi connectivity index (χ4n) is 10.1. The van der Waals surface area contributed by atoms with Crippen LogP contribution in [-0.4, -0.2) is 143 Å². The molecule has 13 nitrogen and oxygen atoms in total. The molecule has 298 valence electrons. The van der Waals surface area contributed by atoms with Gasteiger partial charge in [0, 0.05) is 51.6 Å². The topological polar surface area (TPSA) is 180 Å². The van der Waals surface area contributed by atoms with Crippen LogP contribution in [-0.2, 0) is 42.7 Å². The quantitative estimate of drug-likeness (QED) is 0.308. The standard InChI is InChI=1S/C40H60O13/c1-19-11-26-7-9-29-20(2)12-25(48-29)6-5-22(42)15-33-35(45)39-40(53-33)36(46)38-30(52-39)10-8-27(50-38)13-23(43)14-28-32(17-31(49-26)21(19)3)51-34(37(28)47-4)16-24(44)18-41/h19,24-41,44-46H,2-3,5-18H2,1,4H3/t19-,24+,25?,26+,27?,28+,29?,30+,31?,32?,33-,34?,35+,36+,37-,38+,39+,40+/m1/s1. The molecule has 53 heavy (non-hydrogen) atoms. The highest BCUT2D eigenvalue weighted by Crippen LogP contribution is 2.43. The lowest BCUT2D eigenvalue weighted by Crippen LogP contribution is -2.61. The zero-order valence-electron chi connectivity index (χ0n) is 31.2. The van der Waals surface area contributed by atoms with Crippen molar-refractivity contribution in [2.24, 2.45) is 11.8 Å². The maximum atomic E-state index is 13.9. The minimum Gasteiger partial charge on any atom is -0.394 e. The molecule has 0 aromatic rings. The lowest BCUT2D eigenvalue weighted by molar-refractivity contribution is -0.259. The largest absolute Gasteiger partial charge is 0.394 e. The highest BCUT2D eigenvalue weighted by molar-refractivity contribution is 5.79. The molecular formula is C40H60O13. The van der Waals surface area contributed by atoms with E-state index >= 15 is 0 Å². The summed E-state index contributed by atoms with van der Waals surface area (Å²) in [6.45, 7) is 10.4. The molecule has 0 aromatic heterocycles. The van der Waals surface area contributed by atoms with Crippen molar-refractivity contribution in [3.8, 4) is 0 Å². The van der Waals surface area contributed by atoms with Gasteiger partial charge in [0.05, 0.1) is 73.8 Å². The van der Waals surface area contributed by atoms with Crippen molar-refractivity contribution in [3.05, 3.63) is 24.3 Å². The number of ketones is 2. The number of carbonyl (C=O) groups excluding carboxylic acids is 2. The second-order valence-corrected chi connectivity index (χ2v) is 16.8. The number of carbonyl (C=O) groups is 2. The highest BCUT2D eigenvalue weighted by Gasteiger charge is 2.57. The predicted molar refractivity (Wildman–Crippen MR) is 189 cm³/mol. The molecule has 6 unspecified atom stereocenters. The second-order valence-electron chi connectivity index (χ2n) is 16.8. The molecule has 4 N–H and O–H groups in total. The molecule has 0 spiro atoms. The Balaban J connectivity index is 1.11. The molecule has 0 aromatic carbocycles. The Bertz CT molecular complexity index is 1340. The molecule has 0 aliphatic carbocycles. The number of hydrogen-bond acceptors (Lipinski definition) is 13. The number of ether oxygens (including phenoxy) is 7. The molecule has 0 saturated carbocycles. The van der Waals surface area contributed by atoms with Gasteiger partial charge in [-0.2, -0.15) is 0 Å². The molecule has 7 aliphatic heterocycles. The lowest BCUT2D eigenvalue weighted by atomic mass is 9.81. The fraction of sp³-hybridized carbons (Fsp3) is 0.850. The third-order valence-electron chi connectivity index (χ3n) is 13.1. The number of aliphatic hydroxyl groups is 4. The number of Topliss-reactive ketones (excluding diaryl/α,β-unsaturated/α-hetero) is 2. The van der Waals surface area contributed by atoms with Crippen LogP contribution in [0.4, 0.5) is 0 Å². The molecule has 8 bridgehead atoms. The monoisotopic (exact) mass is 748 g/mol. The van der Waals surface area contributed by atoms with Crippen LogP contribution in [0, 0.1) is 11.8 Å². The molecule has 7 aliphatic rings. The molecule has 7 saturated heterocycles. The third-order valence-corrected chi connectivity index (χ3v) is 13.1. The van der Waals surface area contributed by atoms with E-state index in [1.54, 1.807) is 7.11 Å². The van der Waals surface area contributed by atoms with Crippen molar-refractivity contribution in [1.82, 2.24) is 0 Å². The van der Waals surface area contributed by atoms with E-state index in [-0.39, 0.29) is 79.9 Å². The first-order chi connectivity index (χ1) is 25.4. The van der Waals surface area contributed by atoms with Gasteiger partial charge in [0.15, 0.2) is 0 Å². The molecule has 7 heterocycles. The Hall–Kier alpha value is -1.62. The summed E-state index contributed by atoms with van der Waals surface area (Å²) >= 11 is 0. The van der Waals surface area contributed by atoms with Crippen LogP contribution in [0.1, 0.15) is 90.4 Å².